The average molecular weight is 694 g/mol. The van der Waals surface area contributed by atoms with Gasteiger partial charge in [0.15, 0.2) is 0 Å². The third-order valence-corrected chi connectivity index (χ3v) is 8.86. The summed E-state index contributed by atoms with van der Waals surface area (Å²) in [4.78, 5) is 26.5. The molecule has 0 aliphatic rings. The molecule has 0 radical (unpaired) electrons. The summed E-state index contributed by atoms with van der Waals surface area (Å²) in [7, 11) is -4.18. The Balaban J connectivity index is 1.58. The molecule has 0 aromatic heterocycles. The fourth-order valence-corrected chi connectivity index (χ4v) is 5.91. The van der Waals surface area contributed by atoms with Crippen molar-refractivity contribution in [1.82, 2.24) is 5.32 Å². The highest BCUT2D eigenvalue weighted by Gasteiger charge is 2.28. The minimum atomic E-state index is -4.18. The van der Waals surface area contributed by atoms with E-state index in [-0.39, 0.29) is 23.8 Å². The van der Waals surface area contributed by atoms with Crippen molar-refractivity contribution in [3.8, 4) is 11.1 Å². The Morgan fingerprint density at radius 3 is 2.06 bits per heavy atom. The van der Waals surface area contributed by atoms with Crippen LogP contribution in [-0.4, -0.2) is 37.1 Å². The van der Waals surface area contributed by atoms with E-state index in [1.807, 2.05) is 61.5 Å². The summed E-state index contributed by atoms with van der Waals surface area (Å²) in [5.74, 6) is -2.10. The monoisotopic (exact) mass is 692 g/mol. The van der Waals surface area contributed by atoms with Crippen LogP contribution in [0.2, 0.25) is 10.0 Å². The smallest absolute Gasteiger partial charge is 0.266 e. The van der Waals surface area contributed by atoms with Gasteiger partial charge in [-0.2, -0.15) is 8.42 Å². The highest BCUT2D eigenvalue weighted by atomic mass is 35.5. The standard InChI is InChI=1S/C37H38Cl2N2O5S/c1-24(26-9-11-29(12-10-26)35(42)40-21-22-47(44,45)46)34(28-7-5-25(6-8-28)19-20-37(2,3)4)36(43)41-31-16-13-27(14-17-31)32-18-15-30(38)23-33(32)39/h5-20,23-24,34H,21-22H2,1-4H3,(H,40,42)(H,41,43)(H,44,45,46)/b20-19+. The first-order valence-corrected chi connectivity index (χ1v) is 17.4. The Morgan fingerprint density at radius 1 is 0.872 bits per heavy atom. The van der Waals surface area contributed by atoms with Crippen LogP contribution in [0.25, 0.3) is 17.2 Å². The van der Waals surface area contributed by atoms with E-state index in [1.165, 1.54) is 0 Å². The molecule has 4 rings (SSSR count). The highest BCUT2D eigenvalue weighted by Crippen LogP contribution is 2.35. The van der Waals surface area contributed by atoms with Gasteiger partial charge in [0.25, 0.3) is 16.0 Å². The number of nitrogens with one attached hydrogen (secondary N) is 2. The predicted octanol–water partition coefficient (Wildman–Crippen LogP) is 8.86. The quantitative estimate of drug-likeness (QED) is 0.136. The van der Waals surface area contributed by atoms with Gasteiger partial charge in [-0.3, -0.25) is 14.1 Å². The van der Waals surface area contributed by atoms with Crippen LogP contribution in [0.4, 0.5) is 5.69 Å². The number of carbonyl (C=O) groups excluding carboxylic acids is 2. The largest absolute Gasteiger partial charge is 0.351 e. The minimum absolute atomic E-state index is 0.0314. The van der Waals surface area contributed by atoms with E-state index in [2.05, 4.69) is 43.6 Å². The zero-order valence-corrected chi connectivity index (χ0v) is 29.0. The lowest BCUT2D eigenvalue weighted by atomic mass is 9.81. The fraction of sp³-hybridized carbons (Fsp3) is 0.243. The molecule has 0 aliphatic carbocycles. The SMILES string of the molecule is CC(c1ccc(C(=O)NCCS(=O)(=O)O)cc1)C(C(=O)Nc1ccc(-c2ccc(Cl)cc2Cl)cc1)c1ccc(/C=C/C(C)(C)C)cc1. The Hall–Kier alpha value is -3.95. The first kappa shape index (κ1) is 35.9. The second kappa shape index (κ2) is 15.3. The Morgan fingerprint density at radius 2 is 1.49 bits per heavy atom. The van der Waals surface area contributed by atoms with Gasteiger partial charge < -0.3 is 10.6 Å². The molecule has 246 valence electrons. The van der Waals surface area contributed by atoms with Crippen molar-refractivity contribution in [2.24, 2.45) is 5.41 Å². The topological polar surface area (TPSA) is 113 Å². The zero-order valence-electron chi connectivity index (χ0n) is 26.6. The van der Waals surface area contributed by atoms with Gasteiger partial charge >= 0.3 is 0 Å². The summed E-state index contributed by atoms with van der Waals surface area (Å²) in [6, 6.07) is 27.5. The van der Waals surface area contributed by atoms with Crippen LogP contribution in [0.15, 0.2) is 97.1 Å². The van der Waals surface area contributed by atoms with E-state index in [4.69, 9.17) is 27.8 Å². The average Bonchev–Trinajstić information content (AvgIpc) is 3.00. The van der Waals surface area contributed by atoms with Crippen LogP contribution in [0.5, 0.6) is 0 Å². The molecule has 7 nitrogen and oxygen atoms in total. The molecular weight excluding hydrogens is 655 g/mol. The Bertz CT molecular complexity index is 1850. The van der Waals surface area contributed by atoms with Crippen molar-refractivity contribution < 1.29 is 22.6 Å². The molecule has 2 unspecified atom stereocenters. The van der Waals surface area contributed by atoms with Gasteiger partial charge in [-0.05, 0) is 70.0 Å². The minimum Gasteiger partial charge on any atom is -0.351 e. The summed E-state index contributed by atoms with van der Waals surface area (Å²) in [6.45, 7) is 8.14. The highest BCUT2D eigenvalue weighted by molar-refractivity contribution is 7.85. The summed E-state index contributed by atoms with van der Waals surface area (Å²) in [6.07, 6.45) is 4.20. The molecule has 2 amide bonds. The zero-order chi connectivity index (χ0) is 34.4. The van der Waals surface area contributed by atoms with E-state index in [0.717, 1.165) is 27.8 Å². The number of carbonyl (C=O) groups is 2. The van der Waals surface area contributed by atoms with Crippen LogP contribution < -0.4 is 10.6 Å². The first-order chi connectivity index (χ1) is 22.1. The summed E-state index contributed by atoms with van der Waals surface area (Å²) >= 11 is 12.5. The Kier molecular flexibility index (Phi) is 11.7. The number of halogens is 2. The molecule has 3 N–H and O–H groups in total. The lowest BCUT2D eigenvalue weighted by Gasteiger charge is -2.25. The third-order valence-electron chi connectivity index (χ3n) is 7.59. The number of hydrogen-bond acceptors (Lipinski definition) is 4. The number of anilines is 1. The number of allylic oxidation sites excluding steroid dienone is 1. The van der Waals surface area contributed by atoms with Gasteiger partial charge in [-0.15, -0.1) is 0 Å². The van der Waals surface area contributed by atoms with E-state index in [1.54, 1.807) is 36.4 Å². The second-order valence-corrected chi connectivity index (χ2v) is 14.9. The third kappa shape index (κ3) is 10.5. The first-order valence-electron chi connectivity index (χ1n) is 15.1. The molecule has 2 atom stereocenters. The van der Waals surface area contributed by atoms with E-state index in [0.29, 0.717) is 21.3 Å². The number of benzene rings is 4. The van der Waals surface area contributed by atoms with Crippen LogP contribution in [-0.2, 0) is 14.9 Å². The van der Waals surface area contributed by atoms with Crippen molar-refractivity contribution in [2.75, 3.05) is 17.6 Å². The van der Waals surface area contributed by atoms with Crippen molar-refractivity contribution in [1.29, 1.82) is 0 Å². The molecule has 0 fully saturated rings. The maximum absolute atomic E-state index is 14.0. The summed E-state index contributed by atoms with van der Waals surface area (Å²) in [5, 5.41) is 6.64. The Labute approximate surface area is 286 Å². The maximum Gasteiger partial charge on any atom is 0.266 e. The molecule has 0 bridgehead atoms. The molecule has 0 heterocycles. The van der Waals surface area contributed by atoms with E-state index >= 15 is 0 Å². The summed E-state index contributed by atoms with van der Waals surface area (Å²) < 4.78 is 30.8. The van der Waals surface area contributed by atoms with E-state index in [9.17, 15) is 18.0 Å². The molecule has 47 heavy (non-hydrogen) atoms. The van der Waals surface area contributed by atoms with Crippen LogP contribution in [0.1, 0.15) is 66.6 Å². The fourth-order valence-electron chi connectivity index (χ4n) is 5.03. The molecular formula is C37H38Cl2N2O5S. The molecule has 10 heteroatoms. The van der Waals surface area contributed by atoms with Crippen molar-refractivity contribution in [2.45, 2.75) is 39.5 Å². The molecule has 0 spiro atoms. The number of hydrogen-bond donors (Lipinski definition) is 3. The van der Waals surface area contributed by atoms with Crippen molar-refractivity contribution >= 4 is 56.9 Å². The van der Waals surface area contributed by atoms with Crippen LogP contribution in [0.3, 0.4) is 0 Å². The van der Waals surface area contributed by atoms with Crippen molar-refractivity contribution in [3.63, 3.8) is 0 Å². The lowest BCUT2D eigenvalue weighted by Crippen LogP contribution is -2.29. The molecule has 4 aromatic rings. The molecule has 0 aliphatic heterocycles. The van der Waals surface area contributed by atoms with Gasteiger partial charge in [-0.25, -0.2) is 0 Å². The van der Waals surface area contributed by atoms with Gasteiger partial charge in [0.1, 0.15) is 0 Å². The van der Waals surface area contributed by atoms with Gasteiger partial charge in [0.05, 0.1) is 11.7 Å². The van der Waals surface area contributed by atoms with Crippen LogP contribution in [0, 0.1) is 5.41 Å². The van der Waals surface area contributed by atoms with Gasteiger partial charge in [0.2, 0.25) is 5.91 Å². The van der Waals surface area contributed by atoms with Gasteiger partial charge in [-0.1, -0.05) is 118 Å². The summed E-state index contributed by atoms with van der Waals surface area (Å²) in [5.41, 5.74) is 5.40. The molecule has 0 saturated heterocycles. The van der Waals surface area contributed by atoms with E-state index < -0.39 is 27.7 Å². The normalized spacial score (nSPS) is 13.3. The second-order valence-electron chi connectivity index (χ2n) is 12.5. The molecule has 4 aromatic carbocycles. The number of amides is 2. The molecule has 0 saturated carbocycles. The maximum atomic E-state index is 14.0. The van der Waals surface area contributed by atoms with Crippen LogP contribution >= 0.6 is 23.2 Å². The predicted molar refractivity (Wildman–Crippen MR) is 192 cm³/mol. The number of rotatable bonds is 11. The lowest BCUT2D eigenvalue weighted by molar-refractivity contribution is -0.118. The van der Waals surface area contributed by atoms with Gasteiger partial charge in [0, 0.05) is 33.4 Å². The van der Waals surface area contributed by atoms with Crippen molar-refractivity contribution in [3.05, 3.63) is 129 Å².